The van der Waals surface area contributed by atoms with E-state index in [1.54, 1.807) is 6.92 Å². The summed E-state index contributed by atoms with van der Waals surface area (Å²) in [5.41, 5.74) is 2.60. The Bertz CT molecular complexity index is 1410. The van der Waals surface area contributed by atoms with Gasteiger partial charge in [-0.1, -0.05) is 91.0 Å². The van der Waals surface area contributed by atoms with Crippen LogP contribution in [0.1, 0.15) is 43.2 Å². The summed E-state index contributed by atoms with van der Waals surface area (Å²) in [6, 6.07) is 27.6. The number of amides is 2. The smallest absolute Gasteiger partial charge is 0.307 e. The number of nitrogens with one attached hydrogen (secondary N) is 2. The highest BCUT2D eigenvalue weighted by atomic mass is 16.8. The zero-order valence-electron chi connectivity index (χ0n) is 25.9. The molecule has 2 fully saturated rings. The number of carbonyl (C=O) groups is 3. The van der Waals surface area contributed by atoms with E-state index in [2.05, 4.69) is 10.6 Å². The number of hydrogen-bond donors (Lipinski definition) is 2. The Kier molecular flexibility index (Phi) is 11.9. The maximum Gasteiger partial charge on any atom is 0.307 e. The van der Waals surface area contributed by atoms with E-state index in [-0.39, 0.29) is 38.7 Å². The van der Waals surface area contributed by atoms with Gasteiger partial charge in [0.1, 0.15) is 37.1 Å². The molecule has 2 aliphatic rings. The first kappa shape index (κ1) is 33.2. The molecule has 7 atom stereocenters. The fourth-order valence-electron chi connectivity index (χ4n) is 5.34. The molecule has 0 bridgehead atoms. The number of esters is 1. The van der Waals surface area contributed by atoms with Crippen LogP contribution < -0.4 is 10.6 Å². The second-order valence-electron chi connectivity index (χ2n) is 11.2. The van der Waals surface area contributed by atoms with Crippen LogP contribution >= 0.6 is 0 Å². The third kappa shape index (κ3) is 9.21. The summed E-state index contributed by atoms with van der Waals surface area (Å²) in [5, 5.41) is 5.65. The molecule has 11 nitrogen and oxygen atoms in total. The minimum Gasteiger partial charge on any atom is -0.461 e. The van der Waals surface area contributed by atoms with Crippen molar-refractivity contribution >= 4 is 17.8 Å². The van der Waals surface area contributed by atoms with Gasteiger partial charge < -0.3 is 39.1 Å². The number of benzene rings is 3. The number of ether oxygens (including phenoxy) is 6. The van der Waals surface area contributed by atoms with Crippen LogP contribution in [-0.2, 0) is 56.0 Å². The van der Waals surface area contributed by atoms with Crippen LogP contribution in [0.5, 0.6) is 0 Å². The SMILES string of the molecule is CC(=O)N[C@@H]1[C@H](OCc2ccccc2)O[C@@H]2CO[C@@H](c3ccccc3)O[C@H]2[C@H]1O[C@H](C)C(=O)NCCC(=O)OCc1ccccc1. The molecule has 0 aromatic heterocycles. The van der Waals surface area contributed by atoms with Gasteiger partial charge >= 0.3 is 5.97 Å². The zero-order chi connectivity index (χ0) is 32.3. The Morgan fingerprint density at radius 3 is 2.15 bits per heavy atom. The van der Waals surface area contributed by atoms with Crippen molar-refractivity contribution in [2.75, 3.05) is 13.2 Å². The van der Waals surface area contributed by atoms with Crippen molar-refractivity contribution in [2.45, 2.75) is 76.5 Å². The lowest BCUT2D eigenvalue weighted by Gasteiger charge is -2.49. The van der Waals surface area contributed by atoms with Gasteiger partial charge in [0, 0.05) is 19.0 Å². The van der Waals surface area contributed by atoms with E-state index in [4.69, 9.17) is 28.4 Å². The largest absolute Gasteiger partial charge is 0.461 e. The first-order chi connectivity index (χ1) is 22.4. The molecule has 3 aromatic carbocycles. The van der Waals surface area contributed by atoms with Gasteiger partial charge in [-0.15, -0.1) is 0 Å². The first-order valence-electron chi connectivity index (χ1n) is 15.4. The Labute approximate surface area is 268 Å². The van der Waals surface area contributed by atoms with Crippen molar-refractivity contribution in [3.8, 4) is 0 Å². The number of carbonyl (C=O) groups excluding carboxylic acids is 3. The lowest BCUT2D eigenvalue weighted by Crippen LogP contribution is -2.68. The van der Waals surface area contributed by atoms with Crippen molar-refractivity contribution in [1.82, 2.24) is 10.6 Å². The fourth-order valence-corrected chi connectivity index (χ4v) is 5.34. The summed E-state index contributed by atoms with van der Waals surface area (Å²) in [6.45, 7) is 3.61. The summed E-state index contributed by atoms with van der Waals surface area (Å²) in [7, 11) is 0. The van der Waals surface area contributed by atoms with Crippen molar-refractivity contribution in [3.05, 3.63) is 108 Å². The Morgan fingerprint density at radius 2 is 1.50 bits per heavy atom. The van der Waals surface area contributed by atoms with E-state index in [9.17, 15) is 14.4 Å². The standard InChI is InChI=1S/C35H40N2O9/c1-23(33(40)36-19-18-29(39)41-20-25-12-6-3-7-13-25)44-32-30(37-24(2)38)35(42-21-26-14-8-4-9-15-26)45-28-22-43-34(46-31(28)32)27-16-10-5-11-17-27/h3-17,23,28,30-32,34-35H,18-22H2,1-2H3,(H,36,40)(H,37,38)/t23-,28-,30+,31-,32+,34-,35-/m1/s1. The van der Waals surface area contributed by atoms with Crippen LogP contribution in [0.3, 0.4) is 0 Å². The van der Waals surface area contributed by atoms with Crippen LogP contribution in [0.2, 0.25) is 0 Å². The molecule has 0 aliphatic carbocycles. The van der Waals surface area contributed by atoms with Gasteiger partial charge in [-0.2, -0.15) is 0 Å². The van der Waals surface area contributed by atoms with Crippen molar-refractivity contribution < 1.29 is 42.8 Å². The van der Waals surface area contributed by atoms with Crippen LogP contribution in [-0.4, -0.2) is 67.7 Å². The maximum atomic E-state index is 13.1. The highest BCUT2D eigenvalue weighted by Gasteiger charge is 2.52. The van der Waals surface area contributed by atoms with Crippen LogP contribution in [0, 0.1) is 0 Å². The molecule has 0 unspecified atom stereocenters. The van der Waals surface area contributed by atoms with Crippen LogP contribution in [0.25, 0.3) is 0 Å². The lowest BCUT2D eigenvalue weighted by atomic mass is 9.95. The molecule has 0 saturated carbocycles. The third-order valence-corrected chi connectivity index (χ3v) is 7.64. The highest BCUT2D eigenvalue weighted by Crippen LogP contribution is 2.36. The van der Waals surface area contributed by atoms with Gasteiger partial charge in [0.2, 0.25) is 11.8 Å². The second-order valence-corrected chi connectivity index (χ2v) is 11.2. The van der Waals surface area contributed by atoms with Crippen molar-refractivity contribution in [2.24, 2.45) is 0 Å². The topological polar surface area (TPSA) is 131 Å². The number of rotatable bonds is 13. The Hall–Kier alpha value is -4.13. The molecule has 0 spiro atoms. The number of hydrogen-bond acceptors (Lipinski definition) is 9. The van der Waals surface area contributed by atoms with E-state index in [1.165, 1.54) is 6.92 Å². The minimum atomic E-state index is -0.975. The van der Waals surface area contributed by atoms with E-state index in [0.717, 1.165) is 16.7 Å². The molecule has 0 radical (unpaired) electrons. The third-order valence-electron chi connectivity index (χ3n) is 7.64. The summed E-state index contributed by atoms with van der Waals surface area (Å²) >= 11 is 0. The molecule has 11 heteroatoms. The molecular weight excluding hydrogens is 592 g/mol. The molecule has 46 heavy (non-hydrogen) atoms. The zero-order valence-corrected chi connectivity index (χ0v) is 25.9. The summed E-state index contributed by atoms with van der Waals surface area (Å²) in [6.07, 6.45) is -4.78. The molecule has 5 rings (SSSR count). The van der Waals surface area contributed by atoms with Gasteiger partial charge in [0.05, 0.1) is 19.6 Å². The lowest BCUT2D eigenvalue weighted by molar-refractivity contribution is -0.351. The summed E-state index contributed by atoms with van der Waals surface area (Å²) in [4.78, 5) is 37.8. The average molecular weight is 633 g/mol. The van der Waals surface area contributed by atoms with Crippen LogP contribution in [0.4, 0.5) is 0 Å². The molecule has 2 heterocycles. The normalized spacial score (nSPS) is 24.7. The Balaban J connectivity index is 1.26. The van der Waals surface area contributed by atoms with Gasteiger partial charge in [0.15, 0.2) is 12.6 Å². The highest BCUT2D eigenvalue weighted by molar-refractivity contribution is 5.81. The van der Waals surface area contributed by atoms with Crippen molar-refractivity contribution in [3.63, 3.8) is 0 Å². The fraction of sp³-hybridized carbons (Fsp3) is 0.400. The Morgan fingerprint density at radius 1 is 0.870 bits per heavy atom. The van der Waals surface area contributed by atoms with E-state index >= 15 is 0 Å². The van der Waals surface area contributed by atoms with E-state index in [0.29, 0.717) is 0 Å². The predicted octanol–water partition coefficient (Wildman–Crippen LogP) is 3.57. The summed E-state index contributed by atoms with van der Waals surface area (Å²) < 4.78 is 36.6. The predicted molar refractivity (Wildman–Crippen MR) is 166 cm³/mol. The molecule has 2 saturated heterocycles. The molecule has 2 N–H and O–H groups in total. The van der Waals surface area contributed by atoms with Crippen LogP contribution in [0.15, 0.2) is 91.0 Å². The molecule has 2 aliphatic heterocycles. The van der Waals surface area contributed by atoms with E-state index in [1.807, 2.05) is 91.0 Å². The van der Waals surface area contributed by atoms with Gasteiger partial charge in [-0.05, 0) is 18.1 Å². The van der Waals surface area contributed by atoms with Gasteiger partial charge in [-0.25, -0.2) is 0 Å². The van der Waals surface area contributed by atoms with E-state index < -0.39 is 54.9 Å². The summed E-state index contributed by atoms with van der Waals surface area (Å²) in [5.74, 6) is -1.20. The molecule has 3 aromatic rings. The maximum absolute atomic E-state index is 13.1. The second kappa shape index (κ2) is 16.4. The molecular formula is C35H40N2O9. The molecule has 244 valence electrons. The van der Waals surface area contributed by atoms with Gasteiger partial charge in [0.25, 0.3) is 0 Å². The quantitative estimate of drug-likeness (QED) is 0.272. The van der Waals surface area contributed by atoms with Gasteiger partial charge in [-0.3, -0.25) is 14.4 Å². The average Bonchev–Trinajstić information content (AvgIpc) is 3.08. The first-order valence-corrected chi connectivity index (χ1v) is 15.4. The minimum absolute atomic E-state index is 0.00359. The van der Waals surface area contributed by atoms with Crippen molar-refractivity contribution in [1.29, 1.82) is 0 Å². The molecule has 2 amide bonds. The number of fused-ring (bicyclic) bond motifs is 1. The monoisotopic (exact) mass is 632 g/mol.